The molecule has 3 aromatic carbocycles. The fraction of sp³-hybridized carbons (Fsp3) is 0.190. The van der Waals surface area contributed by atoms with Crippen molar-refractivity contribution in [2.24, 2.45) is 0 Å². The van der Waals surface area contributed by atoms with Gasteiger partial charge in [-0.1, -0.05) is 36.4 Å². The van der Waals surface area contributed by atoms with Gasteiger partial charge < -0.3 is 10.6 Å². The molecule has 0 aliphatic carbocycles. The van der Waals surface area contributed by atoms with Crippen LogP contribution in [0.5, 0.6) is 0 Å². The van der Waals surface area contributed by atoms with Gasteiger partial charge in [0.1, 0.15) is 6.04 Å². The second-order valence-electron chi connectivity index (χ2n) is 6.22. The SMILES string of the molecule is Cc1ccc(N[C@@H](C)C(=O)Nc2ccc3ccccc3c2)cc1C. The van der Waals surface area contributed by atoms with Gasteiger partial charge in [0.2, 0.25) is 5.91 Å². The lowest BCUT2D eigenvalue weighted by molar-refractivity contribution is -0.116. The molecule has 0 unspecified atom stereocenters. The number of nitrogens with one attached hydrogen (secondary N) is 2. The predicted molar refractivity (Wildman–Crippen MR) is 102 cm³/mol. The summed E-state index contributed by atoms with van der Waals surface area (Å²) in [5.74, 6) is -0.0523. The van der Waals surface area contributed by atoms with Crippen LogP contribution in [-0.2, 0) is 4.79 Å². The Morgan fingerprint density at radius 3 is 2.29 bits per heavy atom. The normalized spacial score (nSPS) is 12.0. The van der Waals surface area contributed by atoms with Crippen molar-refractivity contribution in [1.29, 1.82) is 0 Å². The Hall–Kier alpha value is -2.81. The molecule has 1 amide bonds. The molecule has 0 heterocycles. The summed E-state index contributed by atoms with van der Waals surface area (Å²) in [6.07, 6.45) is 0. The Kier molecular flexibility index (Phi) is 4.52. The highest BCUT2D eigenvalue weighted by atomic mass is 16.2. The first-order valence-corrected chi connectivity index (χ1v) is 8.16. The molecule has 3 heteroatoms. The number of benzene rings is 3. The average Bonchev–Trinajstić information content (AvgIpc) is 2.58. The lowest BCUT2D eigenvalue weighted by Gasteiger charge is -2.16. The van der Waals surface area contributed by atoms with E-state index in [1.807, 2.05) is 49.4 Å². The molecule has 3 nitrogen and oxygen atoms in total. The summed E-state index contributed by atoms with van der Waals surface area (Å²) in [5.41, 5.74) is 4.22. The molecule has 0 aromatic heterocycles. The maximum atomic E-state index is 12.4. The van der Waals surface area contributed by atoms with Crippen molar-refractivity contribution in [3.8, 4) is 0 Å². The number of anilines is 2. The first-order valence-electron chi connectivity index (χ1n) is 8.16. The molecule has 0 bridgehead atoms. The molecule has 0 radical (unpaired) electrons. The quantitative estimate of drug-likeness (QED) is 0.718. The van der Waals surface area contributed by atoms with Crippen molar-refractivity contribution in [1.82, 2.24) is 0 Å². The predicted octanol–water partition coefficient (Wildman–Crippen LogP) is 4.90. The van der Waals surface area contributed by atoms with Crippen LogP contribution in [0.25, 0.3) is 10.8 Å². The smallest absolute Gasteiger partial charge is 0.246 e. The van der Waals surface area contributed by atoms with Crippen molar-refractivity contribution >= 4 is 28.1 Å². The van der Waals surface area contributed by atoms with Gasteiger partial charge in [0.15, 0.2) is 0 Å². The monoisotopic (exact) mass is 318 g/mol. The summed E-state index contributed by atoms with van der Waals surface area (Å²) in [6, 6.07) is 19.9. The molecular weight excluding hydrogens is 296 g/mol. The van der Waals surface area contributed by atoms with Crippen molar-refractivity contribution in [2.45, 2.75) is 26.8 Å². The molecule has 0 aliphatic heterocycles. The maximum absolute atomic E-state index is 12.4. The zero-order valence-electron chi connectivity index (χ0n) is 14.3. The zero-order valence-corrected chi connectivity index (χ0v) is 14.3. The topological polar surface area (TPSA) is 41.1 Å². The Labute approximate surface area is 142 Å². The molecule has 1 atom stereocenters. The Bertz CT molecular complexity index is 886. The number of carbonyl (C=O) groups excluding carboxylic acids is 1. The van der Waals surface area contributed by atoms with E-state index >= 15 is 0 Å². The highest BCUT2D eigenvalue weighted by Gasteiger charge is 2.13. The average molecular weight is 318 g/mol. The fourth-order valence-corrected chi connectivity index (χ4v) is 2.66. The second kappa shape index (κ2) is 6.75. The summed E-state index contributed by atoms with van der Waals surface area (Å²) in [4.78, 5) is 12.4. The first kappa shape index (κ1) is 16.1. The van der Waals surface area contributed by atoms with Crippen LogP contribution >= 0.6 is 0 Å². The summed E-state index contributed by atoms with van der Waals surface area (Å²) in [7, 11) is 0. The lowest BCUT2D eigenvalue weighted by Crippen LogP contribution is -2.31. The van der Waals surface area contributed by atoms with E-state index in [1.165, 1.54) is 11.1 Å². The van der Waals surface area contributed by atoms with Crippen molar-refractivity contribution in [3.63, 3.8) is 0 Å². The lowest BCUT2D eigenvalue weighted by atomic mass is 10.1. The van der Waals surface area contributed by atoms with Crippen LogP contribution in [0.1, 0.15) is 18.1 Å². The number of amides is 1. The van der Waals surface area contributed by atoms with Gasteiger partial charge in [-0.3, -0.25) is 4.79 Å². The molecular formula is C21H22N2O. The molecule has 0 aliphatic rings. The largest absolute Gasteiger partial charge is 0.374 e. The van der Waals surface area contributed by atoms with Gasteiger partial charge >= 0.3 is 0 Å². The van der Waals surface area contributed by atoms with E-state index in [1.54, 1.807) is 0 Å². The van der Waals surface area contributed by atoms with E-state index in [0.717, 1.165) is 22.1 Å². The standard InChI is InChI=1S/C21H22N2O/c1-14-8-10-19(12-15(14)2)22-16(3)21(24)23-20-11-9-17-6-4-5-7-18(17)13-20/h4-13,16,22H,1-3H3,(H,23,24)/t16-/m0/s1. The summed E-state index contributed by atoms with van der Waals surface area (Å²) >= 11 is 0. The highest BCUT2D eigenvalue weighted by Crippen LogP contribution is 2.19. The maximum Gasteiger partial charge on any atom is 0.246 e. The molecule has 3 aromatic rings. The Balaban J connectivity index is 1.69. The molecule has 0 spiro atoms. The first-order chi connectivity index (χ1) is 11.5. The van der Waals surface area contributed by atoms with Crippen LogP contribution in [0.3, 0.4) is 0 Å². The van der Waals surface area contributed by atoms with Crippen LogP contribution in [0, 0.1) is 13.8 Å². The molecule has 0 fully saturated rings. The van der Waals surface area contributed by atoms with Gasteiger partial charge in [-0.25, -0.2) is 0 Å². The third-order valence-corrected chi connectivity index (χ3v) is 4.30. The van der Waals surface area contributed by atoms with Gasteiger partial charge in [-0.2, -0.15) is 0 Å². The Morgan fingerprint density at radius 1 is 0.833 bits per heavy atom. The summed E-state index contributed by atoms with van der Waals surface area (Å²) in [6.45, 7) is 6.01. The minimum atomic E-state index is -0.321. The third kappa shape index (κ3) is 3.57. The van der Waals surface area contributed by atoms with E-state index in [9.17, 15) is 4.79 Å². The number of rotatable bonds is 4. The van der Waals surface area contributed by atoms with Crippen LogP contribution < -0.4 is 10.6 Å². The molecule has 3 rings (SSSR count). The van der Waals surface area contributed by atoms with Crippen LogP contribution in [-0.4, -0.2) is 11.9 Å². The summed E-state index contributed by atoms with van der Waals surface area (Å²) < 4.78 is 0. The van der Waals surface area contributed by atoms with Crippen molar-refractivity contribution in [3.05, 3.63) is 71.8 Å². The molecule has 122 valence electrons. The van der Waals surface area contributed by atoms with E-state index in [0.29, 0.717) is 0 Å². The van der Waals surface area contributed by atoms with Crippen LogP contribution in [0.4, 0.5) is 11.4 Å². The number of hydrogen-bond acceptors (Lipinski definition) is 2. The number of aryl methyl sites for hydroxylation is 2. The number of carbonyl (C=O) groups is 1. The minimum absolute atomic E-state index is 0.0523. The van der Waals surface area contributed by atoms with E-state index in [4.69, 9.17) is 0 Å². The zero-order chi connectivity index (χ0) is 17.1. The third-order valence-electron chi connectivity index (χ3n) is 4.30. The molecule has 24 heavy (non-hydrogen) atoms. The second-order valence-corrected chi connectivity index (χ2v) is 6.22. The minimum Gasteiger partial charge on any atom is -0.374 e. The van der Waals surface area contributed by atoms with E-state index in [-0.39, 0.29) is 11.9 Å². The number of hydrogen-bond donors (Lipinski definition) is 2. The van der Waals surface area contributed by atoms with Gasteiger partial charge in [0.25, 0.3) is 0 Å². The highest BCUT2D eigenvalue weighted by molar-refractivity contribution is 5.98. The van der Waals surface area contributed by atoms with E-state index in [2.05, 4.69) is 42.7 Å². The van der Waals surface area contributed by atoms with Gasteiger partial charge in [0, 0.05) is 11.4 Å². The fourth-order valence-electron chi connectivity index (χ4n) is 2.66. The van der Waals surface area contributed by atoms with Gasteiger partial charge in [-0.15, -0.1) is 0 Å². The van der Waals surface area contributed by atoms with Crippen LogP contribution in [0.15, 0.2) is 60.7 Å². The van der Waals surface area contributed by atoms with Crippen molar-refractivity contribution in [2.75, 3.05) is 10.6 Å². The van der Waals surface area contributed by atoms with Crippen molar-refractivity contribution < 1.29 is 4.79 Å². The van der Waals surface area contributed by atoms with E-state index < -0.39 is 0 Å². The van der Waals surface area contributed by atoms with Gasteiger partial charge in [0.05, 0.1) is 0 Å². The summed E-state index contributed by atoms with van der Waals surface area (Å²) in [5, 5.41) is 8.51. The molecule has 0 saturated heterocycles. The van der Waals surface area contributed by atoms with Crippen LogP contribution in [0.2, 0.25) is 0 Å². The Morgan fingerprint density at radius 2 is 1.54 bits per heavy atom. The molecule has 2 N–H and O–H groups in total. The number of fused-ring (bicyclic) bond motifs is 1. The molecule has 0 saturated carbocycles. The van der Waals surface area contributed by atoms with Gasteiger partial charge in [-0.05, 0) is 66.9 Å².